The third-order valence-electron chi connectivity index (χ3n) is 5.08. The van der Waals surface area contributed by atoms with Gasteiger partial charge in [-0.05, 0) is 12.1 Å². The summed E-state index contributed by atoms with van der Waals surface area (Å²) in [5.74, 6) is 0.284. The van der Waals surface area contributed by atoms with Crippen molar-refractivity contribution in [1.29, 1.82) is 0 Å². The van der Waals surface area contributed by atoms with Crippen LogP contribution in [0.5, 0.6) is 0 Å². The molecule has 2 N–H and O–H groups in total. The normalized spacial score (nSPS) is 14.9. The molecule has 12 heteroatoms. The fourth-order valence-electron chi connectivity index (χ4n) is 3.59. The van der Waals surface area contributed by atoms with Crippen LogP contribution in [0.15, 0.2) is 30.5 Å². The topological polar surface area (TPSA) is 96.0 Å². The van der Waals surface area contributed by atoms with E-state index in [-0.39, 0.29) is 4.88 Å². The number of rotatable bonds is 4. The van der Waals surface area contributed by atoms with Crippen molar-refractivity contribution in [2.75, 3.05) is 37.7 Å². The number of halogens is 3. The predicted octanol–water partition coefficient (Wildman–Crippen LogP) is 3.36. The van der Waals surface area contributed by atoms with E-state index in [4.69, 9.17) is 9.72 Å². The van der Waals surface area contributed by atoms with Crippen molar-refractivity contribution in [1.82, 2.24) is 25.5 Å². The summed E-state index contributed by atoms with van der Waals surface area (Å²) in [6, 6.07) is 7.19. The van der Waals surface area contributed by atoms with Gasteiger partial charge in [-0.15, -0.1) is 11.3 Å². The standard InChI is InChI=1S/C20H17F3N6O2S/c21-20(22,23)10-24-18(30)15-8-12-17(29-4-6-31-7-5-29)26-16(27-19(12)32-15)11-2-1-3-14-13(11)9-25-28-14/h1-3,8-9H,4-7,10H2,(H,24,30)(H,25,28). The van der Waals surface area contributed by atoms with Gasteiger partial charge >= 0.3 is 6.18 Å². The highest BCUT2D eigenvalue weighted by Crippen LogP contribution is 2.35. The number of morpholine rings is 1. The van der Waals surface area contributed by atoms with Crippen LogP contribution in [0, 0.1) is 0 Å². The molecule has 5 rings (SSSR count). The monoisotopic (exact) mass is 462 g/mol. The van der Waals surface area contributed by atoms with Gasteiger partial charge in [0.15, 0.2) is 5.82 Å². The average molecular weight is 462 g/mol. The zero-order valence-electron chi connectivity index (χ0n) is 16.6. The summed E-state index contributed by atoms with van der Waals surface area (Å²) < 4.78 is 43.0. The number of nitrogens with one attached hydrogen (secondary N) is 2. The highest BCUT2D eigenvalue weighted by molar-refractivity contribution is 7.20. The minimum atomic E-state index is -4.48. The van der Waals surface area contributed by atoms with Gasteiger partial charge in [0.2, 0.25) is 0 Å². The fraction of sp³-hybridized carbons (Fsp3) is 0.300. The molecule has 4 heterocycles. The lowest BCUT2D eigenvalue weighted by Gasteiger charge is -2.28. The Balaban J connectivity index is 1.61. The Morgan fingerprint density at radius 2 is 2.03 bits per heavy atom. The number of carbonyl (C=O) groups excluding carboxylic acids is 1. The first-order chi connectivity index (χ1) is 15.4. The molecule has 0 radical (unpaired) electrons. The van der Waals surface area contributed by atoms with Crippen molar-refractivity contribution in [2.45, 2.75) is 6.18 Å². The number of ether oxygens (including phenoxy) is 1. The van der Waals surface area contributed by atoms with Crippen molar-refractivity contribution >= 4 is 44.2 Å². The second-order valence-electron chi connectivity index (χ2n) is 7.23. The van der Waals surface area contributed by atoms with Gasteiger partial charge in [0.05, 0.1) is 35.2 Å². The van der Waals surface area contributed by atoms with Crippen LogP contribution in [-0.4, -0.2) is 65.1 Å². The maximum absolute atomic E-state index is 12.5. The molecular weight excluding hydrogens is 445 g/mol. The maximum Gasteiger partial charge on any atom is 0.405 e. The first kappa shape index (κ1) is 20.6. The number of anilines is 1. The number of fused-ring (bicyclic) bond motifs is 2. The van der Waals surface area contributed by atoms with Gasteiger partial charge in [-0.2, -0.15) is 18.3 Å². The van der Waals surface area contributed by atoms with E-state index in [1.807, 2.05) is 28.4 Å². The van der Waals surface area contributed by atoms with Crippen molar-refractivity contribution in [3.05, 3.63) is 35.3 Å². The van der Waals surface area contributed by atoms with Gasteiger partial charge in [-0.25, -0.2) is 9.97 Å². The molecule has 0 saturated carbocycles. The second kappa shape index (κ2) is 8.02. The number of thiophene rings is 1. The second-order valence-corrected chi connectivity index (χ2v) is 8.27. The third kappa shape index (κ3) is 3.98. The molecule has 0 unspecified atom stereocenters. The Kier molecular flexibility index (Phi) is 5.18. The molecule has 0 bridgehead atoms. The fourth-order valence-corrected chi connectivity index (χ4v) is 4.53. The zero-order chi connectivity index (χ0) is 22.3. The molecule has 1 aliphatic heterocycles. The summed E-state index contributed by atoms with van der Waals surface area (Å²) in [6.07, 6.45) is -2.79. The molecule has 3 aromatic heterocycles. The van der Waals surface area contributed by atoms with E-state index < -0.39 is 18.6 Å². The number of alkyl halides is 3. The van der Waals surface area contributed by atoms with Crippen molar-refractivity contribution in [3.8, 4) is 11.4 Å². The Bertz CT molecular complexity index is 1300. The van der Waals surface area contributed by atoms with Crippen LogP contribution in [0.4, 0.5) is 19.0 Å². The minimum absolute atomic E-state index is 0.145. The van der Waals surface area contributed by atoms with E-state index in [0.29, 0.717) is 48.2 Å². The van der Waals surface area contributed by atoms with Crippen LogP contribution in [0.3, 0.4) is 0 Å². The number of carbonyl (C=O) groups is 1. The van der Waals surface area contributed by atoms with Gasteiger partial charge in [-0.3, -0.25) is 9.89 Å². The van der Waals surface area contributed by atoms with Crippen molar-refractivity contribution < 1.29 is 22.7 Å². The molecule has 166 valence electrons. The average Bonchev–Trinajstić information content (AvgIpc) is 3.43. The van der Waals surface area contributed by atoms with Gasteiger partial charge < -0.3 is 15.0 Å². The number of aromatic amines is 1. The Hall–Kier alpha value is -3.25. The first-order valence-electron chi connectivity index (χ1n) is 9.81. The summed E-state index contributed by atoms with van der Waals surface area (Å²) in [5, 5.41) is 10.4. The van der Waals surface area contributed by atoms with E-state index in [2.05, 4.69) is 15.2 Å². The SMILES string of the molecule is O=C(NCC(F)(F)F)c1cc2c(N3CCOCC3)nc(-c3cccc4[nH]ncc34)nc2s1. The van der Waals surface area contributed by atoms with Crippen LogP contribution in [0.1, 0.15) is 9.67 Å². The Labute approximate surface area is 183 Å². The van der Waals surface area contributed by atoms with Crippen LogP contribution in [0.2, 0.25) is 0 Å². The van der Waals surface area contributed by atoms with Gasteiger partial charge in [-0.1, -0.05) is 12.1 Å². The molecule has 0 atom stereocenters. The van der Waals surface area contributed by atoms with Gasteiger partial charge in [0, 0.05) is 24.0 Å². The van der Waals surface area contributed by atoms with E-state index in [0.717, 1.165) is 27.8 Å². The number of aromatic nitrogens is 4. The number of H-pyrrole nitrogens is 1. The number of hydrogen-bond donors (Lipinski definition) is 2. The molecule has 32 heavy (non-hydrogen) atoms. The molecule has 1 saturated heterocycles. The summed E-state index contributed by atoms with van der Waals surface area (Å²) in [4.78, 5) is 24.5. The largest absolute Gasteiger partial charge is 0.405 e. The molecule has 4 aromatic rings. The lowest BCUT2D eigenvalue weighted by atomic mass is 10.1. The number of amides is 1. The highest BCUT2D eigenvalue weighted by Gasteiger charge is 2.29. The molecule has 0 spiro atoms. The third-order valence-corrected chi connectivity index (χ3v) is 6.11. The number of hydrogen-bond acceptors (Lipinski definition) is 7. The Morgan fingerprint density at radius 3 is 2.81 bits per heavy atom. The number of benzene rings is 1. The Morgan fingerprint density at radius 1 is 1.22 bits per heavy atom. The lowest BCUT2D eigenvalue weighted by Crippen LogP contribution is -2.37. The van der Waals surface area contributed by atoms with Crippen LogP contribution in [0.25, 0.3) is 32.5 Å². The minimum Gasteiger partial charge on any atom is -0.378 e. The molecule has 0 aliphatic carbocycles. The molecule has 1 amide bonds. The number of nitrogens with zero attached hydrogens (tertiary/aromatic N) is 4. The van der Waals surface area contributed by atoms with Crippen LogP contribution < -0.4 is 10.2 Å². The summed E-state index contributed by atoms with van der Waals surface area (Å²) in [5.41, 5.74) is 1.60. The maximum atomic E-state index is 12.5. The quantitative estimate of drug-likeness (QED) is 0.483. The van der Waals surface area contributed by atoms with Crippen molar-refractivity contribution in [3.63, 3.8) is 0 Å². The van der Waals surface area contributed by atoms with Crippen LogP contribution >= 0.6 is 11.3 Å². The molecule has 1 aromatic carbocycles. The lowest BCUT2D eigenvalue weighted by molar-refractivity contribution is -0.123. The van der Waals surface area contributed by atoms with E-state index >= 15 is 0 Å². The van der Waals surface area contributed by atoms with Crippen molar-refractivity contribution in [2.24, 2.45) is 0 Å². The van der Waals surface area contributed by atoms with Crippen LogP contribution in [-0.2, 0) is 4.74 Å². The summed E-state index contributed by atoms with van der Waals surface area (Å²) in [6.45, 7) is 0.873. The molecule has 1 aliphatic rings. The first-order valence-corrected chi connectivity index (χ1v) is 10.6. The predicted molar refractivity (Wildman–Crippen MR) is 114 cm³/mol. The zero-order valence-corrected chi connectivity index (χ0v) is 17.4. The molecular formula is C20H17F3N6O2S. The van der Waals surface area contributed by atoms with Gasteiger partial charge in [0.25, 0.3) is 5.91 Å². The van der Waals surface area contributed by atoms with E-state index in [1.54, 1.807) is 12.3 Å². The molecule has 8 nitrogen and oxygen atoms in total. The van der Waals surface area contributed by atoms with Gasteiger partial charge in [0.1, 0.15) is 17.2 Å². The molecule has 1 fully saturated rings. The van der Waals surface area contributed by atoms with E-state index in [9.17, 15) is 18.0 Å². The van der Waals surface area contributed by atoms with E-state index in [1.165, 1.54) is 0 Å². The summed E-state index contributed by atoms with van der Waals surface area (Å²) in [7, 11) is 0. The summed E-state index contributed by atoms with van der Waals surface area (Å²) >= 11 is 1.04. The smallest absolute Gasteiger partial charge is 0.378 e. The highest BCUT2D eigenvalue weighted by atomic mass is 32.1.